The summed E-state index contributed by atoms with van der Waals surface area (Å²) in [6.07, 6.45) is -4.30. The highest BCUT2D eigenvalue weighted by Gasteiger charge is 2.29. The van der Waals surface area contributed by atoms with E-state index in [1.165, 1.54) is 12.1 Å². The molecule has 0 amide bonds. The zero-order valence-electron chi connectivity index (χ0n) is 9.70. The lowest BCUT2D eigenvalue weighted by Gasteiger charge is -2.08. The highest BCUT2D eigenvalue weighted by Crippen LogP contribution is 2.29. The Morgan fingerprint density at radius 2 is 1.83 bits per heavy atom. The Morgan fingerprint density at radius 3 is 2.28 bits per heavy atom. The molecule has 1 aromatic heterocycles. The van der Waals surface area contributed by atoms with Gasteiger partial charge in [-0.05, 0) is 24.6 Å². The van der Waals surface area contributed by atoms with Crippen LogP contribution in [0, 0.1) is 6.92 Å². The summed E-state index contributed by atoms with van der Waals surface area (Å²) in [5.41, 5.74) is 6.50. The molecule has 2 aromatic rings. The summed E-state index contributed by atoms with van der Waals surface area (Å²) in [7, 11) is 0. The first-order chi connectivity index (χ1) is 8.36. The molecule has 0 aliphatic rings. The maximum absolute atomic E-state index is 12.4. The molecule has 0 aliphatic heterocycles. The number of hydrogen-bond donors (Lipinski definition) is 1. The summed E-state index contributed by atoms with van der Waals surface area (Å²) in [6, 6.07) is 6.74. The van der Waals surface area contributed by atoms with Crippen LogP contribution in [0.2, 0.25) is 0 Å². The number of nitrogens with two attached hydrogens (primary N) is 1. The number of nitrogen functional groups attached to an aromatic ring is 1. The summed E-state index contributed by atoms with van der Waals surface area (Å²) in [5, 5.41) is 4.05. The average molecular weight is 255 g/mol. The quantitative estimate of drug-likeness (QED) is 0.896. The van der Waals surface area contributed by atoms with Gasteiger partial charge in [0.1, 0.15) is 5.82 Å². The second-order valence-corrected chi connectivity index (χ2v) is 4.06. The van der Waals surface area contributed by atoms with Gasteiger partial charge in [-0.15, -0.1) is 0 Å². The Labute approximate surface area is 102 Å². The first kappa shape index (κ1) is 12.5. The molecule has 0 radical (unpaired) electrons. The lowest BCUT2D eigenvalue weighted by atomic mass is 10.1. The minimum Gasteiger partial charge on any atom is -0.382 e. The fraction of sp³-hybridized carbons (Fsp3) is 0.250. The third-order valence-corrected chi connectivity index (χ3v) is 2.61. The molecular formula is C12H12F3N3. The zero-order chi connectivity index (χ0) is 13.3. The minimum atomic E-state index is -4.30. The lowest BCUT2D eigenvalue weighted by molar-refractivity contribution is -0.137. The van der Waals surface area contributed by atoms with Gasteiger partial charge in [0.05, 0.1) is 12.1 Å². The number of rotatable bonds is 2. The van der Waals surface area contributed by atoms with E-state index < -0.39 is 11.7 Å². The Kier molecular flexibility index (Phi) is 3.02. The third-order valence-electron chi connectivity index (χ3n) is 2.61. The topological polar surface area (TPSA) is 43.8 Å². The highest BCUT2D eigenvalue weighted by molar-refractivity contribution is 5.30. The van der Waals surface area contributed by atoms with Crippen molar-refractivity contribution in [3.05, 3.63) is 47.2 Å². The van der Waals surface area contributed by atoms with Gasteiger partial charge in [0.25, 0.3) is 0 Å². The second kappa shape index (κ2) is 4.36. The number of aromatic nitrogens is 2. The predicted molar refractivity (Wildman–Crippen MR) is 61.9 cm³/mol. The highest BCUT2D eigenvalue weighted by atomic mass is 19.4. The van der Waals surface area contributed by atoms with E-state index in [1.54, 1.807) is 10.7 Å². The number of benzene rings is 1. The predicted octanol–water partition coefficient (Wildman–Crippen LogP) is 2.84. The van der Waals surface area contributed by atoms with Crippen molar-refractivity contribution >= 4 is 5.82 Å². The van der Waals surface area contributed by atoms with Gasteiger partial charge in [-0.2, -0.15) is 18.3 Å². The van der Waals surface area contributed by atoms with Crippen LogP contribution in [0.1, 0.15) is 16.8 Å². The zero-order valence-corrected chi connectivity index (χ0v) is 9.70. The van der Waals surface area contributed by atoms with Gasteiger partial charge in [-0.1, -0.05) is 12.1 Å². The molecule has 1 heterocycles. The molecule has 0 atom stereocenters. The summed E-state index contributed by atoms with van der Waals surface area (Å²) >= 11 is 0. The van der Waals surface area contributed by atoms with Crippen LogP contribution in [0.15, 0.2) is 30.3 Å². The van der Waals surface area contributed by atoms with E-state index in [-0.39, 0.29) is 0 Å². The maximum Gasteiger partial charge on any atom is 0.416 e. The van der Waals surface area contributed by atoms with Gasteiger partial charge in [-0.3, -0.25) is 4.68 Å². The first-order valence-electron chi connectivity index (χ1n) is 5.32. The van der Waals surface area contributed by atoms with Crippen molar-refractivity contribution in [2.45, 2.75) is 19.6 Å². The summed E-state index contributed by atoms with van der Waals surface area (Å²) < 4.78 is 38.8. The number of nitrogens with zero attached hydrogens (tertiary/aromatic N) is 2. The van der Waals surface area contributed by atoms with E-state index in [1.807, 2.05) is 6.92 Å². The summed E-state index contributed by atoms with van der Waals surface area (Å²) in [4.78, 5) is 0. The first-order valence-corrected chi connectivity index (χ1v) is 5.32. The average Bonchev–Trinajstić information content (AvgIpc) is 2.57. The Hall–Kier alpha value is -1.98. The van der Waals surface area contributed by atoms with E-state index in [4.69, 9.17) is 5.73 Å². The number of alkyl halides is 3. The van der Waals surface area contributed by atoms with Crippen molar-refractivity contribution < 1.29 is 13.2 Å². The molecule has 6 heteroatoms. The van der Waals surface area contributed by atoms with Gasteiger partial charge in [0.2, 0.25) is 0 Å². The molecule has 2 rings (SSSR count). The van der Waals surface area contributed by atoms with Gasteiger partial charge in [0, 0.05) is 11.8 Å². The van der Waals surface area contributed by atoms with Gasteiger partial charge >= 0.3 is 6.18 Å². The standard InChI is InChI=1S/C12H12F3N3/c1-8-6-11(16)17-18(8)7-9-2-4-10(5-3-9)12(13,14)15/h2-6H,7H2,1H3,(H2,16,17). The number of halogens is 3. The smallest absolute Gasteiger partial charge is 0.382 e. The molecular weight excluding hydrogens is 243 g/mol. The van der Waals surface area contributed by atoms with Crippen LogP contribution in [0.3, 0.4) is 0 Å². The Bertz CT molecular complexity index is 541. The summed E-state index contributed by atoms with van der Waals surface area (Å²) in [5.74, 6) is 0.402. The van der Waals surface area contributed by atoms with Crippen LogP contribution in [-0.2, 0) is 12.7 Å². The van der Waals surface area contributed by atoms with Gasteiger partial charge in [-0.25, -0.2) is 0 Å². The third kappa shape index (κ3) is 2.64. The van der Waals surface area contributed by atoms with Crippen molar-refractivity contribution in [2.75, 3.05) is 5.73 Å². The van der Waals surface area contributed by atoms with Crippen LogP contribution < -0.4 is 5.73 Å². The van der Waals surface area contributed by atoms with Crippen LogP contribution in [0.25, 0.3) is 0 Å². The molecule has 0 saturated carbocycles. The number of hydrogen-bond acceptors (Lipinski definition) is 2. The molecule has 18 heavy (non-hydrogen) atoms. The van der Waals surface area contributed by atoms with Crippen LogP contribution in [0.4, 0.5) is 19.0 Å². The van der Waals surface area contributed by atoms with Crippen molar-refractivity contribution in [3.63, 3.8) is 0 Å². The molecule has 0 saturated heterocycles. The fourth-order valence-corrected chi connectivity index (χ4v) is 1.67. The minimum absolute atomic E-state index is 0.402. The Balaban J connectivity index is 2.18. The van der Waals surface area contributed by atoms with Gasteiger partial charge < -0.3 is 5.73 Å². The van der Waals surface area contributed by atoms with E-state index in [9.17, 15) is 13.2 Å². The molecule has 0 unspecified atom stereocenters. The van der Waals surface area contributed by atoms with E-state index in [0.29, 0.717) is 12.4 Å². The lowest BCUT2D eigenvalue weighted by Crippen LogP contribution is -2.07. The van der Waals surface area contributed by atoms with E-state index >= 15 is 0 Å². The number of aryl methyl sites for hydroxylation is 1. The molecule has 0 aliphatic carbocycles. The maximum atomic E-state index is 12.4. The van der Waals surface area contributed by atoms with Crippen molar-refractivity contribution in [1.82, 2.24) is 9.78 Å². The van der Waals surface area contributed by atoms with Crippen LogP contribution >= 0.6 is 0 Å². The molecule has 2 N–H and O–H groups in total. The van der Waals surface area contributed by atoms with E-state index in [0.717, 1.165) is 23.4 Å². The molecule has 3 nitrogen and oxygen atoms in total. The summed E-state index contributed by atoms with van der Waals surface area (Å²) in [6.45, 7) is 2.24. The second-order valence-electron chi connectivity index (χ2n) is 4.06. The molecule has 0 fully saturated rings. The molecule has 96 valence electrons. The largest absolute Gasteiger partial charge is 0.416 e. The number of anilines is 1. The van der Waals surface area contributed by atoms with Gasteiger partial charge in [0.15, 0.2) is 0 Å². The normalized spacial score (nSPS) is 11.8. The van der Waals surface area contributed by atoms with E-state index in [2.05, 4.69) is 5.10 Å². The molecule has 0 spiro atoms. The molecule has 1 aromatic carbocycles. The van der Waals surface area contributed by atoms with Crippen molar-refractivity contribution in [2.24, 2.45) is 0 Å². The van der Waals surface area contributed by atoms with Crippen LogP contribution in [0.5, 0.6) is 0 Å². The van der Waals surface area contributed by atoms with Crippen molar-refractivity contribution in [1.29, 1.82) is 0 Å². The SMILES string of the molecule is Cc1cc(N)nn1Cc1ccc(C(F)(F)F)cc1. The fourth-order valence-electron chi connectivity index (χ4n) is 1.67. The van der Waals surface area contributed by atoms with Crippen LogP contribution in [-0.4, -0.2) is 9.78 Å². The molecule has 0 bridgehead atoms. The van der Waals surface area contributed by atoms with Crippen molar-refractivity contribution in [3.8, 4) is 0 Å². The monoisotopic (exact) mass is 255 g/mol. The Morgan fingerprint density at radius 1 is 1.22 bits per heavy atom.